The first-order valence-corrected chi connectivity index (χ1v) is 5.26. The Balaban J connectivity index is 0.00000256. The van der Waals surface area contributed by atoms with Gasteiger partial charge in [0.25, 0.3) is 5.91 Å². The summed E-state index contributed by atoms with van der Waals surface area (Å²) in [6, 6.07) is 4.67. The molecule has 0 aliphatic rings. The Labute approximate surface area is 107 Å². The summed E-state index contributed by atoms with van der Waals surface area (Å²) < 4.78 is 13.3. The van der Waals surface area contributed by atoms with E-state index in [4.69, 9.17) is 0 Å². The first kappa shape index (κ1) is 15.9. The number of benzene rings is 1. The standard InChI is InChI=1S/C12H17FN2O.ClH/c1-8-4-5-11(13)10(6-8)12(16)15-7-9(2)14-3;/h4-6,9,14H,7H2,1-3H3,(H,15,16);1H. The molecule has 1 amide bonds. The van der Waals surface area contributed by atoms with Crippen molar-refractivity contribution in [3.8, 4) is 0 Å². The molecular weight excluding hydrogens is 243 g/mol. The van der Waals surface area contributed by atoms with E-state index in [-0.39, 0.29) is 29.9 Å². The number of amides is 1. The van der Waals surface area contributed by atoms with E-state index in [0.29, 0.717) is 6.54 Å². The van der Waals surface area contributed by atoms with Gasteiger partial charge >= 0.3 is 0 Å². The molecule has 3 nitrogen and oxygen atoms in total. The van der Waals surface area contributed by atoms with E-state index in [9.17, 15) is 9.18 Å². The van der Waals surface area contributed by atoms with Crippen molar-refractivity contribution in [3.05, 3.63) is 35.1 Å². The zero-order chi connectivity index (χ0) is 12.1. The minimum absolute atomic E-state index is 0. The maximum absolute atomic E-state index is 13.3. The fraction of sp³-hybridized carbons (Fsp3) is 0.417. The number of nitrogens with one attached hydrogen (secondary N) is 2. The van der Waals surface area contributed by atoms with E-state index in [2.05, 4.69) is 10.6 Å². The van der Waals surface area contributed by atoms with Crippen LogP contribution in [0.2, 0.25) is 0 Å². The Hall–Kier alpha value is -1.13. The molecule has 0 spiro atoms. The molecule has 0 bridgehead atoms. The highest BCUT2D eigenvalue weighted by Crippen LogP contribution is 2.09. The quantitative estimate of drug-likeness (QED) is 0.868. The molecule has 0 fully saturated rings. The maximum Gasteiger partial charge on any atom is 0.254 e. The van der Waals surface area contributed by atoms with Crippen molar-refractivity contribution in [1.29, 1.82) is 0 Å². The molecule has 17 heavy (non-hydrogen) atoms. The van der Waals surface area contributed by atoms with Gasteiger partial charge in [0.2, 0.25) is 0 Å². The van der Waals surface area contributed by atoms with Crippen molar-refractivity contribution in [2.45, 2.75) is 19.9 Å². The molecular formula is C12H18ClFN2O. The van der Waals surface area contributed by atoms with Crippen molar-refractivity contribution in [3.63, 3.8) is 0 Å². The molecule has 96 valence electrons. The normalized spacial score (nSPS) is 11.5. The Bertz CT molecular complexity index is 385. The number of halogens is 2. The van der Waals surface area contributed by atoms with E-state index in [1.165, 1.54) is 6.07 Å². The fourth-order valence-corrected chi connectivity index (χ4v) is 1.26. The smallest absolute Gasteiger partial charge is 0.254 e. The largest absolute Gasteiger partial charge is 0.350 e. The minimum atomic E-state index is -0.486. The van der Waals surface area contributed by atoms with Crippen molar-refractivity contribution in [2.24, 2.45) is 0 Å². The molecule has 0 heterocycles. The van der Waals surface area contributed by atoms with Gasteiger partial charge in [0.05, 0.1) is 5.56 Å². The highest BCUT2D eigenvalue weighted by Gasteiger charge is 2.11. The van der Waals surface area contributed by atoms with Crippen molar-refractivity contribution in [1.82, 2.24) is 10.6 Å². The van der Waals surface area contributed by atoms with Crippen LogP contribution in [0.5, 0.6) is 0 Å². The number of hydrogen-bond donors (Lipinski definition) is 2. The third kappa shape index (κ3) is 4.71. The van der Waals surface area contributed by atoms with Crippen molar-refractivity contribution in [2.75, 3.05) is 13.6 Å². The number of hydrogen-bond acceptors (Lipinski definition) is 2. The van der Waals surface area contributed by atoms with Crippen LogP contribution in [0.25, 0.3) is 0 Å². The highest BCUT2D eigenvalue weighted by molar-refractivity contribution is 5.94. The minimum Gasteiger partial charge on any atom is -0.350 e. The molecule has 2 N–H and O–H groups in total. The molecule has 5 heteroatoms. The van der Waals surface area contributed by atoms with E-state index >= 15 is 0 Å². The van der Waals surface area contributed by atoms with E-state index < -0.39 is 5.82 Å². The molecule has 0 aliphatic heterocycles. The number of likely N-dealkylation sites (N-methyl/N-ethyl adjacent to an activating group) is 1. The van der Waals surface area contributed by atoms with Crippen molar-refractivity contribution >= 4 is 18.3 Å². The van der Waals surface area contributed by atoms with Crippen LogP contribution in [0, 0.1) is 12.7 Å². The fourth-order valence-electron chi connectivity index (χ4n) is 1.26. The summed E-state index contributed by atoms with van der Waals surface area (Å²) in [5.74, 6) is -0.858. The van der Waals surface area contributed by atoms with Gasteiger partial charge < -0.3 is 10.6 Å². The zero-order valence-electron chi connectivity index (χ0n) is 10.2. The van der Waals surface area contributed by atoms with Gasteiger partial charge in [0.1, 0.15) is 5.82 Å². The molecule has 1 atom stereocenters. The van der Waals surface area contributed by atoms with Gasteiger partial charge in [-0.05, 0) is 33.0 Å². The SMILES string of the molecule is CNC(C)CNC(=O)c1cc(C)ccc1F.Cl. The third-order valence-electron chi connectivity index (χ3n) is 2.43. The summed E-state index contributed by atoms with van der Waals surface area (Å²) >= 11 is 0. The van der Waals surface area contributed by atoms with Gasteiger partial charge in [-0.3, -0.25) is 4.79 Å². The summed E-state index contributed by atoms with van der Waals surface area (Å²) in [6.45, 7) is 4.24. The van der Waals surface area contributed by atoms with Crippen LogP contribution in [-0.2, 0) is 0 Å². The molecule has 1 aromatic carbocycles. The van der Waals surface area contributed by atoms with Gasteiger partial charge in [-0.25, -0.2) is 4.39 Å². The van der Waals surface area contributed by atoms with E-state index in [1.807, 2.05) is 20.9 Å². The van der Waals surface area contributed by atoms with Crippen LogP contribution < -0.4 is 10.6 Å². The summed E-state index contributed by atoms with van der Waals surface area (Å²) in [6.07, 6.45) is 0. The van der Waals surface area contributed by atoms with Crippen LogP contribution in [0.4, 0.5) is 4.39 Å². The summed E-state index contributed by atoms with van der Waals surface area (Å²) in [5, 5.41) is 5.67. The molecule has 1 unspecified atom stereocenters. The molecule has 0 aromatic heterocycles. The molecule has 0 saturated heterocycles. The van der Waals surface area contributed by atoms with Crippen LogP contribution >= 0.6 is 12.4 Å². The molecule has 0 aliphatic carbocycles. The Kier molecular flexibility index (Phi) is 6.76. The lowest BCUT2D eigenvalue weighted by atomic mass is 10.1. The second kappa shape index (κ2) is 7.25. The lowest BCUT2D eigenvalue weighted by Crippen LogP contribution is -2.37. The van der Waals surface area contributed by atoms with Crippen LogP contribution in [0.15, 0.2) is 18.2 Å². The average Bonchev–Trinajstić information content (AvgIpc) is 2.28. The van der Waals surface area contributed by atoms with Gasteiger partial charge in [-0.15, -0.1) is 12.4 Å². The average molecular weight is 261 g/mol. The Morgan fingerprint density at radius 2 is 2.12 bits per heavy atom. The number of carbonyl (C=O) groups is 1. The predicted molar refractivity (Wildman–Crippen MR) is 69.2 cm³/mol. The predicted octanol–water partition coefficient (Wildman–Crippen LogP) is 1.89. The molecule has 1 aromatic rings. The highest BCUT2D eigenvalue weighted by atomic mass is 35.5. The number of carbonyl (C=O) groups excluding carboxylic acids is 1. The lowest BCUT2D eigenvalue weighted by Gasteiger charge is -2.11. The molecule has 1 rings (SSSR count). The summed E-state index contributed by atoms with van der Waals surface area (Å²) in [7, 11) is 1.81. The monoisotopic (exact) mass is 260 g/mol. The Morgan fingerprint density at radius 3 is 2.71 bits per heavy atom. The molecule has 0 saturated carbocycles. The topological polar surface area (TPSA) is 41.1 Å². The summed E-state index contributed by atoms with van der Waals surface area (Å²) in [5.41, 5.74) is 0.969. The van der Waals surface area contributed by atoms with Crippen LogP contribution in [0.1, 0.15) is 22.8 Å². The first-order valence-electron chi connectivity index (χ1n) is 5.26. The first-order chi connectivity index (χ1) is 7.54. The lowest BCUT2D eigenvalue weighted by molar-refractivity contribution is 0.0946. The van der Waals surface area contributed by atoms with Gasteiger partial charge in [-0.1, -0.05) is 11.6 Å². The van der Waals surface area contributed by atoms with Gasteiger partial charge in [0, 0.05) is 12.6 Å². The van der Waals surface area contributed by atoms with Crippen LogP contribution in [0.3, 0.4) is 0 Å². The second-order valence-electron chi connectivity index (χ2n) is 3.88. The van der Waals surface area contributed by atoms with E-state index in [0.717, 1.165) is 5.56 Å². The van der Waals surface area contributed by atoms with Gasteiger partial charge in [0.15, 0.2) is 0 Å². The maximum atomic E-state index is 13.3. The number of aryl methyl sites for hydroxylation is 1. The zero-order valence-corrected chi connectivity index (χ0v) is 11.0. The second-order valence-corrected chi connectivity index (χ2v) is 3.88. The summed E-state index contributed by atoms with van der Waals surface area (Å²) in [4.78, 5) is 11.7. The van der Waals surface area contributed by atoms with Crippen LogP contribution in [-0.4, -0.2) is 25.5 Å². The van der Waals surface area contributed by atoms with E-state index in [1.54, 1.807) is 12.1 Å². The molecule has 0 radical (unpaired) electrons. The Morgan fingerprint density at radius 1 is 1.47 bits per heavy atom. The number of rotatable bonds is 4. The third-order valence-corrected chi connectivity index (χ3v) is 2.43. The van der Waals surface area contributed by atoms with Crippen molar-refractivity contribution < 1.29 is 9.18 Å². The van der Waals surface area contributed by atoms with Gasteiger partial charge in [-0.2, -0.15) is 0 Å².